The molecule has 4 nitrogen and oxygen atoms in total. The molecule has 1 saturated carbocycles. The summed E-state index contributed by atoms with van der Waals surface area (Å²) in [5, 5.41) is 0. The number of carbonyl (C=O) groups excluding carboxylic acids is 1. The Morgan fingerprint density at radius 3 is 2.79 bits per heavy atom. The average Bonchev–Trinajstić information content (AvgIpc) is 3.11. The predicted molar refractivity (Wildman–Crippen MR) is 65.5 cm³/mol. The molecule has 1 aromatic rings. The van der Waals surface area contributed by atoms with E-state index in [1.807, 2.05) is 0 Å². The van der Waals surface area contributed by atoms with E-state index in [9.17, 15) is 13.6 Å². The average molecular weight is 265 g/mol. The zero-order valence-electron chi connectivity index (χ0n) is 10.1. The molecule has 0 radical (unpaired) electrons. The molecule has 3 rings (SSSR count). The Balaban J connectivity index is 1.97. The molecular formula is C13H13F2N3O. The van der Waals surface area contributed by atoms with Crippen molar-refractivity contribution in [3.05, 3.63) is 35.4 Å². The van der Waals surface area contributed by atoms with Crippen LogP contribution in [0.3, 0.4) is 0 Å². The van der Waals surface area contributed by atoms with Crippen LogP contribution in [0.2, 0.25) is 0 Å². The largest absolute Gasteiger partial charge is 0.385 e. The summed E-state index contributed by atoms with van der Waals surface area (Å²) in [5.41, 5.74) is 5.77. The van der Waals surface area contributed by atoms with Crippen molar-refractivity contribution < 1.29 is 13.6 Å². The standard InChI is InChI=1S/C13H13F2N3O/c14-8-3-4-10(15)9(5-8)11-12(16)17-13(19)18(11)6-7-1-2-7/h3-5,7,11H,1-2,6H2,(H2,16,17,19). The Kier molecular flexibility index (Phi) is 2.73. The van der Waals surface area contributed by atoms with Crippen LogP contribution >= 0.6 is 0 Å². The minimum absolute atomic E-state index is 0.0233. The highest BCUT2D eigenvalue weighted by Crippen LogP contribution is 2.36. The van der Waals surface area contributed by atoms with Crippen LogP contribution in [0.15, 0.2) is 23.2 Å². The van der Waals surface area contributed by atoms with Crippen LogP contribution in [0.1, 0.15) is 24.4 Å². The highest BCUT2D eigenvalue weighted by molar-refractivity contribution is 6.03. The molecule has 1 atom stereocenters. The topological polar surface area (TPSA) is 58.7 Å². The summed E-state index contributed by atoms with van der Waals surface area (Å²) < 4.78 is 27.1. The number of urea groups is 1. The number of aliphatic imine (C=N–C) groups is 1. The molecular weight excluding hydrogens is 252 g/mol. The van der Waals surface area contributed by atoms with Crippen molar-refractivity contribution in [1.82, 2.24) is 4.90 Å². The van der Waals surface area contributed by atoms with Gasteiger partial charge in [-0.3, -0.25) is 0 Å². The summed E-state index contributed by atoms with van der Waals surface area (Å²) in [4.78, 5) is 16.9. The maximum absolute atomic E-state index is 13.8. The highest BCUT2D eigenvalue weighted by Gasteiger charge is 2.39. The van der Waals surface area contributed by atoms with Gasteiger partial charge in [0.05, 0.1) is 0 Å². The number of carbonyl (C=O) groups is 1. The molecule has 0 spiro atoms. The summed E-state index contributed by atoms with van der Waals surface area (Å²) in [6.45, 7) is 0.490. The smallest absolute Gasteiger partial charge is 0.346 e. The first-order valence-corrected chi connectivity index (χ1v) is 6.16. The van der Waals surface area contributed by atoms with Crippen molar-refractivity contribution in [2.24, 2.45) is 16.6 Å². The van der Waals surface area contributed by atoms with Gasteiger partial charge in [-0.2, -0.15) is 4.99 Å². The van der Waals surface area contributed by atoms with Crippen LogP contribution in [0, 0.1) is 17.6 Å². The summed E-state index contributed by atoms with van der Waals surface area (Å²) in [6.07, 6.45) is 2.09. The number of benzene rings is 1. The van der Waals surface area contributed by atoms with Gasteiger partial charge in [0.2, 0.25) is 0 Å². The summed E-state index contributed by atoms with van der Waals surface area (Å²) in [6, 6.07) is 1.88. The van der Waals surface area contributed by atoms with Gasteiger partial charge in [-0.25, -0.2) is 13.6 Å². The van der Waals surface area contributed by atoms with E-state index in [1.54, 1.807) is 0 Å². The number of hydrogen-bond donors (Lipinski definition) is 1. The van der Waals surface area contributed by atoms with Gasteiger partial charge in [0, 0.05) is 12.1 Å². The summed E-state index contributed by atoms with van der Waals surface area (Å²) >= 11 is 0. The maximum Gasteiger partial charge on any atom is 0.346 e. The molecule has 1 aliphatic carbocycles. The Hall–Kier alpha value is -1.98. The maximum atomic E-state index is 13.8. The fraction of sp³-hybridized carbons (Fsp3) is 0.385. The lowest BCUT2D eigenvalue weighted by Crippen LogP contribution is -2.35. The summed E-state index contributed by atoms with van der Waals surface area (Å²) in [5.74, 6) is -0.700. The molecule has 1 unspecified atom stereocenters. The normalized spacial score (nSPS) is 22.8. The van der Waals surface area contributed by atoms with Crippen molar-refractivity contribution in [3.8, 4) is 0 Å². The minimum Gasteiger partial charge on any atom is -0.385 e. The van der Waals surface area contributed by atoms with Crippen LogP contribution in [-0.2, 0) is 0 Å². The van der Waals surface area contributed by atoms with E-state index in [1.165, 1.54) is 4.90 Å². The van der Waals surface area contributed by atoms with Crippen molar-refractivity contribution in [2.75, 3.05) is 6.54 Å². The second kappa shape index (κ2) is 4.29. The first-order valence-electron chi connectivity index (χ1n) is 6.16. The number of nitrogens with zero attached hydrogens (tertiary/aromatic N) is 2. The van der Waals surface area contributed by atoms with E-state index in [4.69, 9.17) is 5.73 Å². The molecule has 19 heavy (non-hydrogen) atoms. The second-order valence-electron chi connectivity index (χ2n) is 4.98. The van der Waals surface area contributed by atoms with Gasteiger partial charge in [-0.1, -0.05) is 0 Å². The Morgan fingerprint density at radius 1 is 1.37 bits per heavy atom. The number of amidine groups is 1. The van der Waals surface area contributed by atoms with E-state index in [0.29, 0.717) is 12.5 Å². The molecule has 2 aliphatic rings. The Bertz CT molecular complexity index is 569. The fourth-order valence-electron chi connectivity index (χ4n) is 2.32. The van der Waals surface area contributed by atoms with Crippen LogP contribution in [0.4, 0.5) is 13.6 Å². The molecule has 2 amide bonds. The third-order valence-electron chi connectivity index (χ3n) is 3.47. The molecule has 1 fully saturated rings. The van der Waals surface area contributed by atoms with Gasteiger partial charge < -0.3 is 10.6 Å². The number of hydrogen-bond acceptors (Lipinski definition) is 2. The Morgan fingerprint density at radius 2 is 2.11 bits per heavy atom. The van der Waals surface area contributed by atoms with Crippen LogP contribution < -0.4 is 5.73 Å². The first kappa shape index (κ1) is 12.1. The number of rotatable bonds is 3. The van der Waals surface area contributed by atoms with Gasteiger partial charge in [0.25, 0.3) is 0 Å². The molecule has 2 N–H and O–H groups in total. The molecule has 0 aromatic heterocycles. The van der Waals surface area contributed by atoms with Gasteiger partial charge >= 0.3 is 6.03 Å². The predicted octanol–water partition coefficient (Wildman–Crippen LogP) is 2.21. The van der Waals surface area contributed by atoms with Crippen LogP contribution in [-0.4, -0.2) is 23.3 Å². The number of amides is 2. The summed E-state index contributed by atoms with van der Waals surface area (Å²) in [7, 11) is 0. The first-order chi connectivity index (χ1) is 9.06. The Labute approximate surface area is 108 Å². The molecule has 1 aliphatic heterocycles. The number of nitrogens with two attached hydrogens (primary N) is 1. The lowest BCUT2D eigenvalue weighted by Gasteiger charge is -2.24. The van der Waals surface area contributed by atoms with Gasteiger partial charge in [0.1, 0.15) is 23.5 Å². The van der Waals surface area contributed by atoms with E-state index in [2.05, 4.69) is 4.99 Å². The highest BCUT2D eigenvalue weighted by atomic mass is 19.1. The van der Waals surface area contributed by atoms with Crippen molar-refractivity contribution in [3.63, 3.8) is 0 Å². The molecule has 6 heteroatoms. The monoisotopic (exact) mass is 265 g/mol. The van der Waals surface area contributed by atoms with Crippen molar-refractivity contribution >= 4 is 11.9 Å². The van der Waals surface area contributed by atoms with Crippen molar-refractivity contribution in [2.45, 2.75) is 18.9 Å². The quantitative estimate of drug-likeness (QED) is 0.910. The zero-order valence-corrected chi connectivity index (χ0v) is 10.1. The lowest BCUT2D eigenvalue weighted by atomic mass is 10.0. The third kappa shape index (κ3) is 2.18. The lowest BCUT2D eigenvalue weighted by molar-refractivity contribution is 0.203. The molecule has 1 aromatic carbocycles. The SMILES string of the molecule is NC1=NC(=O)N(CC2CC2)C1c1cc(F)ccc1F. The molecule has 0 saturated heterocycles. The minimum atomic E-state index is -0.788. The van der Waals surface area contributed by atoms with Crippen LogP contribution in [0.25, 0.3) is 0 Å². The second-order valence-corrected chi connectivity index (χ2v) is 4.98. The molecule has 1 heterocycles. The van der Waals surface area contributed by atoms with Gasteiger partial charge in [-0.05, 0) is 37.0 Å². The zero-order chi connectivity index (χ0) is 13.6. The van der Waals surface area contributed by atoms with Crippen LogP contribution in [0.5, 0.6) is 0 Å². The third-order valence-corrected chi connectivity index (χ3v) is 3.47. The fourth-order valence-corrected chi connectivity index (χ4v) is 2.32. The van der Waals surface area contributed by atoms with E-state index < -0.39 is 23.7 Å². The van der Waals surface area contributed by atoms with E-state index in [0.717, 1.165) is 31.0 Å². The van der Waals surface area contributed by atoms with Gasteiger partial charge in [-0.15, -0.1) is 0 Å². The number of halogens is 2. The van der Waals surface area contributed by atoms with Crippen molar-refractivity contribution in [1.29, 1.82) is 0 Å². The van der Waals surface area contributed by atoms with Gasteiger partial charge in [0.15, 0.2) is 0 Å². The molecule has 0 bridgehead atoms. The molecule has 100 valence electrons. The van der Waals surface area contributed by atoms with E-state index in [-0.39, 0.29) is 11.4 Å². The van der Waals surface area contributed by atoms with E-state index >= 15 is 0 Å².